The van der Waals surface area contributed by atoms with E-state index in [4.69, 9.17) is 5.73 Å². The van der Waals surface area contributed by atoms with Gasteiger partial charge in [0.1, 0.15) is 0 Å². The van der Waals surface area contributed by atoms with Gasteiger partial charge in [-0.05, 0) is 42.3 Å². The van der Waals surface area contributed by atoms with Crippen molar-refractivity contribution >= 4 is 27.7 Å². The fourth-order valence-electron chi connectivity index (χ4n) is 1.78. The third-order valence-corrected chi connectivity index (χ3v) is 4.52. The summed E-state index contributed by atoms with van der Waals surface area (Å²) in [6.07, 6.45) is 0.327. The molecule has 0 aliphatic carbocycles. The molecule has 0 aromatic heterocycles. The molecule has 0 bridgehead atoms. The molecule has 2 aromatic carbocycles. The van der Waals surface area contributed by atoms with Crippen molar-refractivity contribution in [2.24, 2.45) is 5.73 Å². The average molecular weight is 358 g/mol. The largest absolute Gasteiger partial charge is 0.327 e. The van der Waals surface area contributed by atoms with Crippen LogP contribution in [-0.4, -0.2) is 11.8 Å². The van der Waals surface area contributed by atoms with E-state index in [0.717, 1.165) is 15.4 Å². The summed E-state index contributed by atoms with van der Waals surface area (Å²) in [7, 11) is 0. The van der Waals surface area contributed by atoms with Gasteiger partial charge in [-0.1, -0.05) is 28.1 Å². The van der Waals surface area contributed by atoms with Crippen LogP contribution in [0.5, 0.6) is 0 Å². The molecular weight excluding hydrogens is 344 g/mol. The molecule has 2 N–H and O–H groups in total. The van der Waals surface area contributed by atoms with Crippen molar-refractivity contribution in [3.8, 4) is 0 Å². The van der Waals surface area contributed by atoms with Gasteiger partial charge in [0.15, 0.2) is 11.6 Å². The van der Waals surface area contributed by atoms with Crippen molar-refractivity contribution in [1.29, 1.82) is 0 Å². The van der Waals surface area contributed by atoms with Gasteiger partial charge in [0, 0.05) is 21.2 Å². The normalized spacial score (nSPS) is 12.4. The van der Waals surface area contributed by atoms with E-state index in [1.54, 1.807) is 17.8 Å². The zero-order valence-electron chi connectivity index (χ0n) is 10.7. The molecule has 106 valence electrons. The molecule has 0 aliphatic rings. The van der Waals surface area contributed by atoms with Gasteiger partial charge in [0.05, 0.1) is 0 Å². The molecule has 20 heavy (non-hydrogen) atoms. The summed E-state index contributed by atoms with van der Waals surface area (Å²) >= 11 is 4.98. The second-order valence-electron chi connectivity index (χ2n) is 4.44. The smallest absolute Gasteiger partial charge is 0.162 e. The van der Waals surface area contributed by atoms with Crippen LogP contribution in [0.25, 0.3) is 0 Å². The maximum Gasteiger partial charge on any atom is 0.162 e. The summed E-state index contributed by atoms with van der Waals surface area (Å²) in [6.45, 7) is 0. The molecule has 0 fully saturated rings. The van der Waals surface area contributed by atoms with Gasteiger partial charge in [-0.15, -0.1) is 11.8 Å². The molecule has 2 aromatic rings. The van der Waals surface area contributed by atoms with E-state index in [0.29, 0.717) is 17.7 Å². The topological polar surface area (TPSA) is 26.0 Å². The van der Waals surface area contributed by atoms with Crippen molar-refractivity contribution in [3.63, 3.8) is 0 Å². The highest BCUT2D eigenvalue weighted by Crippen LogP contribution is 2.22. The lowest BCUT2D eigenvalue weighted by atomic mass is 10.1. The van der Waals surface area contributed by atoms with E-state index in [2.05, 4.69) is 15.9 Å². The Morgan fingerprint density at radius 3 is 2.50 bits per heavy atom. The molecule has 1 nitrogen and oxygen atoms in total. The summed E-state index contributed by atoms with van der Waals surface area (Å²) in [5, 5.41) is 0. The van der Waals surface area contributed by atoms with Crippen molar-refractivity contribution in [3.05, 3.63) is 64.1 Å². The Labute approximate surface area is 129 Å². The Kier molecular flexibility index (Phi) is 5.57. The number of rotatable bonds is 5. The number of benzene rings is 2. The van der Waals surface area contributed by atoms with E-state index in [1.807, 2.05) is 24.3 Å². The van der Waals surface area contributed by atoms with E-state index in [9.17, 15) is 8.78 Å². The molecule has 0 heterocycles. The first-order valence-electron chi connectivity index (χ1n) is 6.13. The maximum absolute atomic E-state index is 13.5. The van der Waals surface area contributed by atoms with E-state index >= 15 is 0 Å². The second kappa shape index (κ2) is 7.20. The minimum absolute atomic E-state index is 0.222. The Morgan fingerprint density at radius 2 is 1.80 bits per heavy atom. The zero-order chi connectivity index (χ0) is 14.5. The number of halogens is 3. The van der Waals surface area contributed by atoms with E-state index in [-0.39, 0.29) is 6.04 Å². The molecule has 0 radical (unpaired) electrons. The van der Waals surface area contributed by atoms with Crippen molar-refractivity contribution in [1.82, 2.24) is 0 Å². The van der Waals surface area contributed by atoms with Gasteiger partial charge < -0.3 is 5.73 Å². The Balaban J connectivity index is 1.91. The molecule has 0 aliphatic heterocycles. The minimum atomic E-state index is -0.824. The Bertz CT molecular complexity index is 575. The third kappa shape index (κ3) is 4.30. The Hall–Kier alpha value is -0.910. The van der Waals surface area contributed by atoms with Crippen molar-refractivity contribution in [2.75, 3.05) is 5.75 Å². The molecule has 0 saturated carbocycles. The number of thioether (sulfide) groups is 1. The molecule has 5 heteroatoms. The van der Waals surface area contributed by atoms with Crippen LogP contribution in [0, 0.1) is 11.6 Å². The highest BCUT2D eigenvalue weighted by molar-refractivity contribution is 9.10. The van der Waals surface area contributed by atoms with Crippen LogP contribution >= 0.6 is 27.7 Å². The van der Waals surface area contributed by atoms with Crippen LogP contribution in [0.1, 0.15) is 5.56 Å². The highest BCUT2D eigenvalue weighted by Gasteiger charge is 2.11. The first kappa shape index (κ1) is 15.5. The summed E-state index contributed by atoms with van der Waals surface area (Å²) in [4.78, 5) is 1.10. The molecule has 1 atom stereocenters. The zero-order valence-corrected chi connectivity index (χ0v) is 13.1. The molecule has 2 rings (SSSR count). The minimum Gasteiger partial charge on any atom is -0.327 e. The predicted octanol–water partition coefficient (Wildman–Crippen LogP) is 4.39. The monoisotopic (exact) mass is 357 g/mol. The van der Waals surface area contributed by atoms with Crippen LogP contribution < -0.4 is 5.73 Å². The molecular formula is C15H14BrF2NS. The first-order chi connectivity index (χ1) is 9.56. The van der Waals surface area contributed by atoms with Gasteiger partial charge in [-0.3, -0.25) is 0 Å². The van der Waals surface area contributed by atoms with Gasteiger partial charge in [-0.25, -0.2) is 8.78 Å². The summed E-state index contributed by atoms with van der Waals surface area (Å²) < 4.78 is 27.6. The Morgan fingerprint density at radius 1 is 1.10 bits per heavy atom. The van der Waals surface area contributed by atoms with Gasteiger partial charge in [-0.2, -0.15) is 0 Å². The summed E-state index contributed by atoms with van der Waals surface area (Å²) in [5.41, 5.74) is 6.31. The number of hydrogen-bond acceptors (Lipinski definition) is 2. The van der Waals surface area contributed by atoms with E-state index in [1.165, 1.54) is 6.07 Å². The SMILES string of the molecule is NC(CSc1ccc(Br)cc1)Cc1cccc(F)c1F. The van der Waals surface area contributed by atoms with Crippen molar-refractivity contribution < 1.29 is 8.78 Å². The fourth-order valence-corrected chi connectivity index (χ4v) is 2.90. The molecule has 0 saturated heterocycles. The van der Waals surface area contributed by atoms with Crippen molar-refractivity contribution in [2.45, 2.75) is 17.4 Å². The van der Waals surface area contributed by atoms with Crippen LogP contribution in [0.3, 0.4) is 0 Å². The van der Waals surface area contributed by atoms with Crippen LogP contribution in [0.4, 0.5) is 8.78 Å². The summed E-state index contributed by atoms with van der Waals surface area (Å²) in [5.74, 6) is -0.968. The average Bonchev–Trinajstić information content (AvgIpc) is 2.43. The second-order valence-corrected chi connectivity index (χ2v) is 6.45. The standard InChI is InChI=1S/C15H14BrF2NS/c16-11-4-6-13(7-5-11)20-9-12(19)8-10-2-1-3-14(17)15(10)18/h1-7,12H,8-9,19H2. The van der Waals surface area contributed by atoms with Gasteiger partial charge in [0.25, 0.3) is 0 Å². The third-order valence-electron chi connectivity index (χ3n) is 2.79. The molecule has 0 amide bonds. The lowest BCUT2D eigenvalue weighted by molar-refractivity contribution is 0.495. The lowest BCUT2D eigenvalue weighted by Crippen LogP contribution is -2.26. The van der Waals surface area contributed by atoms with Crippen LogP contribution in [0.15, 0.2) is 51.8 Å². The molecule has 1 unspecified atom stereocenters. The number of nitrogens with two attached hydrogens (primary N) is 1. The van der Waals surface area contributed by atoms with Crippen LogP contribution in [0.2, 0.25) is 0 Å². The highest BCUT2D eigenvalue weighted by atomic mass is 79.9. The lowest BCUT2D eigenvalue weighted by Gasteiger charge is -2.12. The van der Waals surface area contributed by atoms with E-state index < -0.39 is 11.6 Å². The first-order valence-corrected chi connectivity index (χ1v) is 7.91. The molecule has 0 spiro atoms. The van der Waals surface area contributed by atoms with Crippen LogP contribution in [-0.2, 0) is 6.42 Å². The fraction of sp³-hybridized carbons (Fsp3) is 0.200. The van der Waals surface area contributed by atoms with Gasteiger partial charge in [0.2, 0.25) is 0 Å². The van der Waals surface area contributed by atoms with Gasteiger partial charge >= 0.3 is 0 Å². The predicted molar refractivity (Wildman–Crippen MR) is 82.9 cm³/mol. The number of hydrogen-bond donors (Lipinski definition) is 1. The quantitative estimate of drug-likeness (QED) is 0.803. The summed E-state index contributed by atoms with van der Waals surface area (Å²) in [6, 6.07) is 11.9. The maximum atomic E-state index is 13.5.